The van der Waals surface area contributed by atoms with Crippen molar-refractivity contribution in [2.24, 2.45) is 0 Å². The molecule has 1 rings (SSSR count). The third-order valence-corrected chi connectivity index (χ3v) is 4.03. The molecule has 0 N–H and O–H groups in total. The number of rotatable bonds is 12. The molecule has 10 nitrogen and oxygen atoms in total. The molecule has 0 fully saturated rings. The van der Waals surface area contributed by atoms with E-state index < -0.39 is 27.0 Å². The number of Topliss-reactive ketones (excluding diaryl/α,β-unsaturated/α-hetero) is 1. The first-order chi connectivity index (χ1) is 14.0. The normalized spacial score (nSPS) is 10.8. The maximum atomic E-state index is 11.7. The van der Waals surface area contributed by atoms with Crippen LogP contribution in [0.5, 0.6) is 11.5 Å². The fourth-order valence-electron chi connectivity index (χ4n) is 2.19. The number of alkyl halides is 1. The van der Waals surface area contributed by atoms with Crippen LogP contribution in [0.15, 0.2) is 12.1 Å². The van der Waals surface area contributed by atoms with Crippen LogP contribution in [0, 0.1) is 10.1 Å². The molecular weight excluding hydrogens is 466 g/mol. The molecule has 30 heavy (non-hydrogen) atoms. The molecular formula is C19H24BrNO9. The molecule has 0 unspecified atom stereocenters. The van der Waals surface area contributed by atoms with Gasteiger partial charge in [-0.2, -0.15) is 0 Å². The predicted octanol–water partition coefficient (Wildman–Crippen LogP) is 3.22. The fourth-order valence-corrected chi connectivity index (χ4v) is 2.30. The second kappa shape index (κ2) is 11.5. The molecule has 0 atom stereocenters. The van der Waals surface area contributed by atoms with E-state index in [1.54, 1.807) is 13.8 Å². The molecule has 11 heteroatoms. The Bertz CT molecular complexity index is 802. The maximum Gasteiger partial charge on any atom is 0.322 e. The summed E-state index contributed by atoms with van der Waals surface area (Å²) in [6, 6.07) is 2.37. The van der Waals surface area contributed by atoms with Crippen molar-refractivity contribution in [3.05, 3.63) is 27.8 Å². The summed E-state index contributed by atoms with van der Waals surface area (Å²) < 4.78 is 19.7. The first-order valence-corrected chi connectivity index (χ1v) is 9.78. The van der Waals surface area contributed by atoms with Crippen molar-refractivity contribution >= 4 is 39.3 Å². The standard InChI is InChI=1S/C19H24BrNO9/c1-12(22)13-10-15(27-4)16(11-14(13)21(25)26)28-7-5-6-17(23)29-8-9-30-18(24)19(2,3)20/h10-11H,5-9H2,1-4H3. The number of nitrogens with zero attached hydrogens (tertiary/aromatic N) is 1. The Morgan fingerprint density at radius 1 is 1.10 bits per heavy atom. The van der Waals surface area contributed by atoms with Gasteiger partial charge >= 0.3 is 11.9 Å². The molecule has 0 bridgehead atoms. The first kappa shape index (κ1) is 25.3. The van der Waals surface area contributed by atoms with E-state index >= 15 is 0 Å². The SMILES string of the molecule is COc1cc(C(C)=O)c([N+](=O)[O-])cc1OCCCC(=O)OCCOC(=O)C(C)(C)Br. The average Bonchev–Trinajstić information content (AvgIpc) is 2.66. The van der Waals surface area contributed by atoms with E-state index in [0.29, 0.717) is 0 Å². The number of carbonyl (C=O) groups is 3. The highest BCUT2D eigenvalue weighted by Crippen LogP contribution is 2.35. The van der Waals surface area contributed by atoms with Gasteiger partial charge in [0.05, 0.1) is 30.3 Å². The Labute approximate surface area is 182 Å². The second-order valence-corrected chi connectivity index (χ2v) is 8.60. The summed E-state index contributed by atoms with van der Waals surface area (Å²) in [7, 11) is 1.35. The van der Waals surface area contributed by atoms with E-state index in [4.69, 9.17) is 18.9 Å². The lowest BCUT2D eigenvalue weighted by Crippen LogP contribution is -2.28. The monoisotopic (exact) mass is 489 g/mol. The molecule has 0 aliphatic carbocycles. The summed E-state index contributed by atoms with van der Waals surface area (Å²) >= 11 is 3.16. The number of carbonyl (C=O) groups excluding carboxylic acids is 3. The minimum Gasteiger partial charge on any atom is -0.493 e. The van der Waals surface area contributed by atoms with Gasteiger partial charge in [-0.15, -0.1) is 0 Å². The number of benzene rings is 1. The second-order valence-electron chi connectivity index (χ2n) is 6.61. The van der Waals surface area contributed by atoms with E-state index in [9.17, 15) is 24.5 Å². The largest absolute Gasteiger partial charge is 0.493 e. The van der Waals surface area contributed by atoms with Crippen LogP contribution >= 0.6 is 15.9 Å². The van der Waals surface area contributed by atoms with E-state index in [0.717, 1.165) is 6.07 Å². The molecule has 0 radical (unpaired) electrons. The summed E-state index contributed by atoms with van der Waals surface area (Å²) in [5.74, 6) is -1.18. The lowest BCUT2D eigenvalue weighted by molar-refractivity contribution is -0.385. The van der Waals surface area contributed by atoms with E-state index in [-0.39, 0.29) is 55.4 Å². The molecule has 0 spiro atoms. The quantitative estimate of drug-likeness (QED) is 0.108. The zero-order valence-corrected chi connectivity index (χ0v) is 18.8. The number of halogens is 1. The van der Waals surface area contributed by atoms with Crippen LogP contribution < -0.4 is 9.47 Å². The van der Waals surface area contributed by atoms with Gasteiger partial charge in [0.15, 0.2) is 17.3 Å². The van der Waals surface area contributed by atoms with Crippen LogP contribution in [0.2, 0.25) is 0 Å². The molecule has 0 amide bonds. The Morgan fingerprint density at radius 2 is 1.73 bits per heavy atom. The van der Waals surface area contributed by atoms with Crippen LogP contribution in [0.4, 0.5) is 5.69 Å². The molecule has 0 saturated heterocycles. The molecule has 0 aliphatic rings. The van der Waals surface area contributed by atoms with Gasteiger partial charge in [0.2, 0.25) is 0 Å². The van der Waals surface area contributed by atoms with Gasteiger partial charge in [0.1, 0.15) is 17.5 Å². The predicted molar refractivity (Wildman–Crippen MR) is 109 cm³/mol. The minimum atomic E-state index is -0.812. The number of ether oxygens (including phenoxy) is 4. The summed E-state index contributed by atoms with van der Waals surface area (Å²) in [4.78, 5) is 45.3. The van der Waals surface area contributed by atoms with E-state index in [2.05, 4.69) is 15.9 Å². The van der Waals surface area contributed by atoms with Crippen LogP contribution in [0.25, 0.3) is 0 Å². The topological polar surface area (TPSA) is 131 Å². The zero-order chi connectivity index (χ0) is 22.9. The lowest BCUT2D eigenvalue weighted by atomic mass is 10.1. The van der Waals surface area contributed by atoms with Crippen LogP contribution in [0.3, 0.4) is 0 Å². The van der Waals surface area contributed by atoms with Gasteiger partial charge in [0, 0.05) is 12.5 Å². The summed E-state index contributed by atoms with van der Waals surface area (Å²) in [5.41, 5.74) is -0.476. The van der Waals surface area contributed by atoms with Gasteiger partial charge in [-0.25, -0.2) is 0 Å². The molecule has 0 aliphatic heterocycles. The molecule has 1 aromatic carbocycles. The van der Waals surface area contributed by atoms with Crippen molar-refractivity contribution in [3.8, 4) is 11.5 Å². The van der Waals surface area contributed by atoms with Crippen molar-refractivity contribution in [2.45, 2.75) is 37.9 Å². The van der Waals surface area contributed by atoms with Gasteiger partial charge in [-0.3, -0.25) is 24.5 Å². The van der Waals surface area contributed by atoms with E-state index in [1.165, 1.54) is 20.1 Å². The Kier molecular flexibility index (Phi) is 9.70. The van der Waals surface area contributed by atoms with Gasteiger partial charge < -0.3 is 18.9 Å². The van der Waals surface area contributed by atoms with E-state index in [1.807, 2.05) is 0 Å². The highest BCUT2D eigenvalue weighted by molar-refractivity contribution is 9.10. The summed E-state index contributed by atoms with van der Waals surface area (Å²) in [6.07, 6.45) is 0.312. The van der Waals surface area contributed by atoms with Crippen LogP contribution in [-0.2, 0) is 19.1 Å². The van der Waals surface area contributed by atoms with Gasteiger partial charge in [-0.1, -0.05) is 15.9 Å². The molecule has 166 valence electrons. The number of ketones is 1. The molecule has 0 heterocycles. The zero-order valence-electron chi connectivity index (χ0n) is 17.2. The maximum absolute atomic E-state index is 11.7. The van der Waals surface area contributed by atoms with Crippen molar-refractivity contribution < 1.29 is 38.3 Å². The number of hydrogen-bond donors (Lipinski definition) is 0. The highest BCUT2D eigenvalue weighted by atomic mass is 79.9. The Morgan fingerprint density at radius 3 is 2.27 bits per heavy atom. The summed E-state index contributed by atoms with van der Waals surface area (Å²) in [6.45, 7) is 4.43. The van der Waals surface area contributed by atoms with Crippen molar-refractivity contribution in [1.29, 1.82) is 0 Å². The highest BCUT2D eigenvalue weighted by Gasteiger charge is 2.25. The number of esters is 2. The lowest BCUT2D eigenvalue weighted by Gasteiger charge is -2.14. The molecule has 0 aromatic heterocycles. The van der Waals surface area contributed by atoms with Crippen LogP contribution in [0.1, 0.15) is 44.0 Å². The van der Waals surface area contributed by atoms with Crippen molar-refractivity contribution in [1.82, 2.24) is 0 Å². The third kappa shape index (κ3) is 7.97. The first-order valence-electron chi connectivity index (χ1n) is 8.99. The van der Waals surface area contributed by atoms with Crippen molar-refractivity contribution in [2.75, 3.05) is 26.9 Å². The average molecular weight is 490 g/mol. The molecule has 1 aromatic rings. The number of methoxy groups -OCH3 is 1. The smallest absolute Gasteiger partial charge is 0.322 e. The number of nitro groups is 1. The number of nitro benzene ring substituents is 1. The number of hydrogen-bond acceptors (Lipinski definition) is 9. The van der Waals surface area contributed by atoms with Gasteiger partial charge in [-0.05, 0) is 27.2 Å². The minimum absolute atomic E-state index is 0.0355. The molecule has 0 saturated carbocycles. The fraction of sp³-hybridized carbons (Fsp3) is 0.526. The summed E-state index contributed by atoms with van der Waals surface area (Å²) in [5, 5.41) is 11.2. The third-order valence-electron chi connectivity index (χ3n) is 3.71. The van der Waals surface area contributed by atoms with Crippen molar-refractivity contribution in [3.63, 3.8) is 0 Å². The van der Waals surface area contributed by atoms with Gasteiger partial charge in [0.25, 0.3) is 5.69 Å². The van der Waals surface area contributed by atoms with Crippen LogP contribution in [-0.4, -0.2) is 53.9 Å². The Balaban J connectivity index is 2.49. The Hall–Kier alpha value is -2.69.